The van der Waals surface area contributed by atoms with Crippen molar-refractivity contribution in [3.05, 3.63) is 70.9 Å². The van der Waals surface area contributed by atoms with Gasteiger partial charge in [-0.3, -0.25) is 14.4 Å². The van der Waals surface area contributed by atoms with Crippen LogP contribution in [0.4, 0.5) is 5.69 Å². The van der Waals surface area contributed by atoms with Crippen molar-refractivity contribution in [2.45, 2.75) is 32.8 Å². The molecule has 3 N–H and O–H groups in total. The van der Waals surface area contributed by atoms with E-state index in [-0.39, 0.29) is 23.6 Å². The van der Waals surface area contributed by atoms with Gasteiger partial charge in [-0.2, -0.15) is 0 Å². The quantitative estimate of drug-likeness (QED) is 0.599. The van der Waals surface area contributed by atoms with E-state index in [4.69, 9.17) is 4.74 Å². The first kappa shape index (κ1) is 22.2. The van der Waals surface area contributed by atoms with Gasteiger partial charge in [0, 0.05) is 20.1 Å². The highest BCUT2D eigenvalue weighted by atomic mass is 16.5. The molecule has 7 heteroatoms. The maximum absolute atomic E-state index is 13.0. The van der Waals surface area contributed by atoms with Gasteiger partial charge >= 0.3 is 0 Å². The van der Waals surface area contributed by atoms with Crippen molar-refractivity contribution in [1.82, 2.24) is 10.6 Å². The second-order valence-electron chi connectivity index (χ2n) is 7.44. The second-order valence-corrected chi connectivity index (χ2v) is 7.44. The van der Waals surface area contributed by atoms with Gasteiger partial charge in [0.15, 0.2) is 0 Å². The minimum absolute atomic E-state index is 0.0223. The van der Waals surface area contributed by atoms with Gasteiger partial charge in [-0.25, -0.2) is 0 Å². The predicted octanol–water partition coefficient (Wildman–Crippen LogP) is 3.02. The zero-order chi connectivity index (χ0) is 22.2. The molecule has 0 saturated carbocycles. The number of rotatable bonds is 7. The molecule has 3 amide bonds. The van der Waals surface area contributed by atoms with E-state index >= 15 is 0 Å². The smallest absolute Gasteiger partial charge is 0.272 e. The molecule has 1 atom stereocenters. The SMILES string of the molecule is CC(=O)NC(=Cc1ccccc1C)C(=O)Nc1ccccc1C(=O)NCC1CCCO1. The highest BCUT2D eigenvalue weighted by molar-refractivity contribution is 6.11. The second kappa shape index (κ2) is 10.5. The number of aryl methyl sites for hydroxylation is 1. The van der Waals surface area contributed by atoms with E-state index in [1.54, 1.807) is 30.3 Å². The number of amides is 3. The summed E-state index contributed by atoms with van der Waals surface area (Å²) in [5.41, 5.74) is 2.57. The molecule has 1 aliphatic heterocycles. The van der Waals surface area contributed by atoms with Crippen LogP contribution in [0.5, 0.6) is 0 Å². The van der Waals surface area contributed by atoms with Gasteiger partial charge < -0.3 is 20.7 Å². The van der Waals surface area contributed by atoms with Gasteiger partial charge in [-0.1, -0.05) is 36.4 Å². The van der Waals surface area contributed by atoms with Crippen LogP contribution in [0.15, 0.2) is 54.2 Å². The molecule has 0 aliphatic carbocycles. The van der Waals surface area contributed by atoms with E-state index in [1.165, 1.54) is 6.92 Å². The normalized spacial score (nSPS) is 15.9. The molecule has 0 aromatic heterocycles. The molecule has 0 radical (unpaired) electrons. The van der Waals surface area contributed by atoms with Gasteiger partial charge in [0.05, 0.1) is 17.4 Å². The van der Waals surface area contributed by atoms with Crippen molar-refractivity contribution in [1.29, 1.82) is 0 Å². The fourth-order valence-electron chi connectivity index (χ4n) is 3.34. The first-order valence-electron chi connectivity index (χ1n) is 10.3. The Hall–Kier alpha value is -3.45. The summed E-state index contributed by atoms with van der Waals surface area (Å²) in [6.07, 6.45) is 3.55. The van der Waals surface area contributed by atoms with Gasteiger partial charge in [-0.15, -0.1) is 0 Å². The molecular weight excluding hydrogens is 394 g/mol. The van der Waals surface area contributed by atoms with Crippen LogP contribution in [0.1, 0.15) is 41.3 Å². The molecule has 1 aliphatic rings. The molecule has 0 bridgehead atoms. The lowest BCUT2D eigenvalue weighted by Crippen LogP contribution is -2.33. The fourth-order valence-corrected chi connectivity index (χ4v) is 3.34. The van der Waals surface area contributed by atoms with Crippen molar-refractivity contribution < 1.29 is 19.1 Å². The minimum Gasteiger partial charge on any atom is -0.376 e. The van der Waals surface area contributed by atoms with Crippen LogP contribution in [0.2, 0.25) is 0 Å². The van der Waals surface area contributed by atoms with E-state index < -0.39 is 5.91 Å². The zero-order valence-electron chi connectivity index (χ0n) is 17.7. The Balaban J connectivity index is 1.78. The number of carbonyl (C=O) groups excluding carboxylic acids is 3. The first-order chi connectivity index (χ1) is 14.9. The fraction of sp³-hybridized carbons (Fsp3) is 0.292. The molecule has 31 heavy (non-hydrogen) atoms. The van der Waals surface area contributed by atoms with Crippen molar-refractivity contribution in [2.75, 3.05) is 18.5 Å². The topological polar surface area (TPSA) is 96.5 Å². The summed E-state index contributed by atoms with van der Waals surface area (Å²) in [6, 6.07) is 14.3. The van der Waals surface area contributed by atoms with Crippen LogP contribution >= 0.6 is 0 Å². The summed E-state index contributed by atoms with van der Waals surface area (Å²) in [7, 11) is 0. The van der Waals surface area contributed by atoms with E-state index in [2.05, 4.69) is 16.0 Å². The largest absolute Gasteiger partial charge is 0.376 e. The van der Waals surface area contributed by atoms with Crippen molar-refractivity contribution >= 4 is 29.5 Å². The number of hydrogen-bond acceptors (Lipinski definition) is 4. The van der Waals surface area contributed by atoms with Gasteiger partial charge in [0.1, 0.15) is 5.70 Å². The van der Waals surface area contributed by atoms with Gasteiger partial charge in [0.2, 0.25) is 5.91 Å². The molecule has 3 rings (SSSR count). The summed E-state index contributed by atoms with van der Waals surface area (Å²) in [5, 5.41) is 8.19. The number of anilines is 1. The van der Waals surface area contributed by atoms with Crippen molar-refractivity contribution in [3.63, 3.8) is 0 Å². The highest BCUT2D eigenvalue weighted by Crippen LogP contribution is 2.18. The lowest BCUT2D eigenvalue weighted by atomic mass is 10.1. The van der Waals surface area contributed by atoms with Crippen molar-refractivity contribution in [3.8, 4) is 0 Å². The third kappa shape index (κ3) is 6.26. The Labute approximate surface area is 181 Å². The number of benzene rings is 2. The van der Waals surface area contributed by atoms with Crippen molar-refractivity contribution in [2.24, 2.45) is 0 Å². The number of para-hydroxylation sites is 1. The minimum atomic E-state index is -0.516. The number of carbonyl (C=O) groups is 3. The molecule has 2 aromatic rings. The van der Waals surface area contributed by atoms with Crippen LogP contribution in [0, 0.1) is 6.92 Å². The van der Waals surface area contributed by atoms with E-state index in [0.29, 0.717) is 24.4 Å². The van der Waals surface area contributed by atoms with Crippen LogP contribution in [-0.2, 0) is 14.3 Å². The average Bonchev–Trinajstić information content (AvgIpc) is 3.27. The molecular formula is C24H27N3O4. The van der Waals surface area contributed by atoms with Crippen LogP contribution < -0.4 is 16.0 Å². The summed E-state index contributed by atoms with van der Waals surface area (Å²) >= 11 is 0. The first-order valence-corrected chi connectivity index (χ1v) is 10.3. The Morgan fingerprint density at radius 2 is 1.84 bits per heavy atom. The molecule has 7 nitrogen and oxygen atoms in total. The van der Waals surface area contributed by atoms with E-state index in [0.717, 1.165) is 24.0 Å². The molecule has 1 unspecified atom stereocenters. The third-order valence-electron chi connectivity index (χ3n) is 4.98. The lowest BCUT2D eigenvalue weighted by Gasteiger charge is -2.15. The van der Waals surface area contributed by atoms with Gasteiger partial charge in [0.25, 0.3) is 11.8 Å². The lowest BCUT2D eigenvalue weighted by molar-refractivity contribution is -0.120. The van der Waals surface area contributed by atoms with Crippen LogP contribution in [-0.4, -0.2) is 37.0 Å². The summed E-state index contributed by atoms with van der Waals surface area (Å²) in [4.78, 5) is 37.3. The van der Waals surface area contributed by atoms with Crippen LogP contribution in [0.25, 0.3) is 6.08 Å². The molecule has 1 heterocycles. The predicted molar refractivity (Wildman–Crippen MR) is 119 cm³/mol. The Bertz CT molecular complexity index is 994. The summed E-state index contributed by atoms with van der Waals surface area (Å²) < 4.78 is 5.54. The Kier molecular flexibility index (Phi) is 7.56. The summed E-state index contributed by atoms with van der Waals surface area (Å²) in [6.45, 7) is 4.39. The zero-order valence-corrected chi connectivity index (χ0v) is 17.7. The standard InChI is InChI=1S/C24H27N3O4/c1-16-8-3-4-9-18(16)14-22(26-17(2)28)24(30)27-21-12-6-5-11-20(21)23(29)25-15-19-10-7-13-31-19/h3-6,8-9,11-12,14,19H,7,10,13,15H2,1-2H3,(H,25,29)(H,26,28)(H,27,30). The number of ether oxygens (including phenoxy) is 1. The maximum atomic E-state index is 13.0. The molecule has 162 valence electrons. The van der Waals surface area contributed by atoms with Gasteiger partial charge in [-0.05, 0) is 49.1 Å². The highest BCUT2D eigenvalue weighted by Gasteiger charge is 2.19. The van der Waals surface area contributed by atoms with Crippen LogP contribution in [0.3, 0.4) is 0 Å². The molecule has 1 fully saturated rings. The summed E-state index contributed by atoms with van der Waals surface area (Å²) in [5.74, 6) is -1.18. The molecule has 2 aromatic carbocycles. The number of nitrogens with one attached hydrogen (secondary N) is 3. The molecule has 0 spiro atoms. The maximum Gasteiger partial charge on any atom is 0.272 e. The Morgan fingerprint density at radius 3 is 2.55 bits per heavy atom. The molecule has 1 saturated heterocycles. The average molecular weight is 421 g/mol. The number of hydrogen-bond donors (Lipinski definition) is 3. The van der Waals surface area contributed by atoms with E-state index in [9.17, 15) is 14.4 Å². The Morgan fingerprint density at radius 1 is 1.10 bits per heavy atom. The van der Waals surface area contributed by atoms with E-state index in [1.807, 2.05) is 31.2 Å². The third-order valence-corrected chi connectivity index (χ3v) is 4.98. The monoisotopic (exact) mass is 421 g/mol.